The Hall–Kier alpha value is -0.210. The quantitative estimate of drug-likeness (QED) is 0.176. The third-order valence-electron chi connectivity index (χ3n) is 5.40. The third-order valence-corrected chi connectivity index (χ3v) is 6.72. The SMILES string of the molecule is CCCCCCCC(CCCC)C(C)(OCC)C(OCC)(OCC)S(=O)(=O)O. The minimum atomic E-state index is -4.71. The summed E-state index contributed by atoms with van der Waals surface area (Å²) in [5.74, 6) is -0.117. The smallest absolute Gasteiger partial charge is 0.329 e. The summed E-state index contributed by atoms with van der Waals surface area (Å²) in [7, 11) is -4.71. The van der Waals surface area contributed by atoms with Crippen LogP contribution in [0.25, 0.3) is 0 Å². The van der Waals surface area contributed by atoms with Gasteiger partial charge in [0.2, 0.25) is 0 Å². The van der Waals surface area contributed by atoms with Crippen LogP contribution >= 0.6 is 0 Å². The maximum atomic E-state index is 12.6. The first-order valence-electron chi connectivity index (χ1n) is 11.1. The van der Waals surface area contributed by atoms with Gasteiger partial charge in [-0.1, -0.05) is 58.8 Å². The van der Waals surface area contributed by atoms with Gasteiger partial charge in [-0.2, -0.15) is 8.42 Å². The molecule has 0 saturated heterocycles. The first-order valence-corrected chi connectivity index (χ1v) is 12.5. The normalized spacial score (nSPS) is 16.1. The summed E-state index contributed by atoms with van der Waals surface area (Å²) in [5, 5.41) is -2.23. The van der Waals surface area contributed by atoms with Gasteiger partial charge in [0.25, 0.3) is 0 Å². The summed E-state index contributed by atoms with van der Waals surface area (Å²) in [6.45, 7) is 11.7. The van der Waals surface area contributed by atoms with Crippen LogP contribution in [0.5, 0.6) is 0 Å². The monoisotopic (exact) mass is 424 g/mol. The van der Waals surface area contributed by atoms with Gasteiger partial charge >= 0.3 is 15.2 Å². The van der Waals surface area contributed by atoms with Crippen molar-refractivity contribution in [3.63, 3.8) is 0 Å². The summed E-state index contributed by atoms with van der Waals surface area (Å²) in [6.07, 6.45) is 9.17. The minimum absolute atomic E-state index is 0.0828. The third kappa shape index (κ3) is 7.24. The van der Waals surface area contributed by atoms with E-state index in [0.717, 1.165) is 38.5 Å². The van der Waals surface area contributed by atoms with Gasteiger partial charge in [-0.3, -0.25) is 4.55 Å². The lowest BCUT2D eigenvalue weighted by atomic mass is 9.80. The van der Waals surface area contributed by atoms with Crippen molar-refractivity contribution in [3.05, 3.63) is 0 Å². The Labute approximate surface area is 173 Å². The number of rotatable bonds is 18. The average molecular weight is 425 g/mol. The molecular weight excluding hydrogens is 380 g/mol. The van der Waals surface area contributed by atoms with E-state index in [1.165, 1.54) is 19.3 Å². The summed E-state index contributed by atoms with van der Waals surface area (Å²) in [6, 6.07) is 0. The molecular formula is C21H44O6S. The zero-order valence-corrected chi connectivity index (χ0v) is 19.8. The zero-order chi connectivity index (χ0) is 21.7. The molecule has 0 heterocycles. The molecule has 0 bridgehead atoms. The summed E-state index contributed by atoms with van der Waals surface area (Å²) in [5.41, 5.74) is -1.32. The second-order valence-corrected chi connectivity index (χ2v) is 8.97. The van der Waals surface area contributed by atoms with Crippen LogP contribution in [0.2, 0.25) is 0 Å². The van der Waals surface area contributed by atoms with Gasteiger partial charge in [-0.05, 0) is 46.5 Å². The lowest BCUT2D eigenvalue weighted by molar-refractivity contribution is -0.294. The predicted molar refractivity (Wildman–Crippen MR) is 114 cm³/mol. The Morgan fingerprint density at radius 1 is 0.750 bits per heavy atom. The van der Waals surface area contributed by atoms with E-state index >= 15 is 0 Å². The van der Waals surface area contributed by atoms with Crippen molar-refractivity contribution >= 4 is 10.1 Å². The van der Waals surface area contributed by atoms with Crippen molar-refractivity contribution in [1.82, 2.24) is 0 Å². The number of hydrogen-bond donors (Lipinski definition) is 1. The first-order chi connectivity index (χ1) is 13.2. The van der Waals surface area contributed by atoms with E-state index in [-0.39, 0.29) is 19.1 Å². The Balaban J connectivity index is 6.02. The largest absolute Gasteiger partial charge is 0.368 e. The Kier molecular flexibility index (Phi) is 13.8. The number of ether oxygens (including phenoxy) is 3. The van der Waals surface area contributed by atoms with E-state index in [2.05, 4.69) is 13.8 Å². The fourth-order valence-electron chi connectivity index (χ4n) is 4.01. The maximum Gasteiger partial charge on any atom is 0.329 e. The molecule has 0 aliphatic rings. The molecule has 0 aromatic rings. The highest BCUT2D eigenvalue weighted by Crippen LogP contribution is 2.45. The van der Waals surface area contributed by atoms with Crippen LogP contribution in [-0.4, -0.2) is 43.5 Å². The second-order valence-electron chi connectivity index (χ2n) is 7.48. The molecule has 0 aromatic carbocycles. The topological polar surface area (TPSA) is 82.1 Å². The Bertz CT molecular complexity index is 487. The number of hydrogen-bond acceptors (Lipinski definition) is 5. The zero-order valence-electron chi connectivity index (χ0n) is 19.0. The molecule has 0 spiro atoms. The van der Waals surface area contributed by atoms with Crippen molar-refractivity contribution in [2.24, 2.45) is 5.92 Å². The molecule has 1 N–H and O–H groups in total. The molecule has 0 amide bonds. The standard InChI is InChI=1S/C21H44O6S/c1-7-12-14-15-16-18-19(17-13-8-2)20(6,25-9-3)21(26-10-4,27-11-5)28(22,23)24/h19H,7-18H2,1-6H3,(H,22,23,24). The van der Waals surface area contributed by atoms with Gasteiger partial charge in [0.15, 0.2) is 0 Å². The lowest BCUT2D eigenvalue weighted by Crippen LogP contribution is -2.65. The first kappa shape index (κ1) is 27.8. The van der Waals surface area contributed by atoms with Gasteiger partial charge in [-0.25, -0.2) is 0 Å². The van der Waals surface area contributed by atoms with Crippen molar-refractivity contribution < 1.29 is 27.2 Å². The maximum absolute atomic E-state index is 12.6. The van der Waals surface area contributed by atoms with Crippen molar-refractivity contribution in [3.8, 4) is 0 Å². The Morgan fingerprint density at radius 2 is 1.21 bits per heavy atom. The minimum Gasteiger partial charge on any atom is -0.368 e. The summed E-state index contributed by atoms with van der Waals surface area (Å²) in [4.78, 5) is 0. The molecule has 170 valence electrons. The molecule has 0 rings (SSSR count). The van der Waals surface area contributed by atoms with Crippen LogP contribution in [0, 0.1) is 5.92 Å². The van der Waals surface area contributed by atoms with E-state index < -0.39 is 20.8 Å². The highest BCUT2D eigenvalue weighted by molar-refractivity contribution is 7.87. The summed E-state index contributed by atoms with van der Waals surface area (Å²) >= 11 is 0. The lowest BCUT2D eigenvalue weighted by Gasteiger charge is -2.48. The second kappa shape index (κ2) is 13.9. The van der Waals surface area contributed by atoms with E-state index in [4.69, 9.17) is 14.2 Å². The van der Waals surface area contributed by atoms with Crippen molar-refractivity contribution in [2.45, 2.75) is 110 Å². The average Bonchev–Trinajstić information content (AvgIpc) is 2.62. The molecule has 6 nitrogen and oxygen atoms in total. The van der Waals surface area contributed by atoms with Crippen LogP contribution in [0.3, 0.4) is 0 Å². The van der Waals surface area contributed by atoms with Crippen LogP contribution < -0.4 is 0 Å². The molecule has 0 saturated carbocycles. The molecule has 0 aliphatic heterocycles. The molecule has 28 heavy (non-hydrogen) atoms. The molecule has 2 unspecified atom stereocenters. The molecule has 7 heteroatoms. The predicted octanol–water partition coefficient (Wildman–Crippen LogP) is 5.56. The number of unbranched alkanes of at least 4 members (excludes halogenated alkanes) is 5. The van der Waals surface area contributed by atoms with E-state index in [0.29, 0.717) is 6.61 Å². The van der Waals surface area contributed by atoms with Crippen LogP contribution in [-0.2, 0) is 24.3 Å². The van der Waals surface area contributed by atoms with Crippen molar-refractivity contribution in [1.29, 1.82) is 0 Å². The summed E-state index contributed by atoms with van der Waals surface area (Å²) < 4.78 is 52.8. The van der Waals surface area contributed by atoms with Gasteiger partial charge in [0.05, 0.1) is 0 Å². The van der Waals surface area contributed by atoms with Crippen molar-refractivity contribution in [2.75, 3.05) is 19.8 Å². The van der Waals surface area contributed by atoms with Gasteiger partial charge in [0.1, 0.15) is 5.60 Å². The molecule has 0 radical (unpaired) electrons. The molecule has 0 aliphatic carbocycles. The van der Waals surface area contributed by atoms with Gasteiger partial charge in [-0.15, -0.1) is 0 Å². The van der Waals surface area contributed by atoms with Gasteiger partial charge in [0, 0.05) is 19.8 Å². The van der Waals surface area contributed by atoms with E-state index in [1.54, 1.807) is 20.8 Å². The molecule has 0 aromatic heterocycles. The Morgan fingerprint density at radius 3 is 1.64 bits per heavy atom. The fraction of sp³-hybridized carbons (Fsp3) is 1.00. The fourth-order valence-corrected chi connectivity index (χ4v) is 5.28. The molecule has 0 fully saturated rings. The van der Waals surface area contributed by atoms with E-state index in [9.17, 15) is 13.0 Å². The van der Waals surface area contributed by atoms with Crippen LogP contribution in [0.4, 0.5) is 0 Å². The highest BCUT2D eigenvalue weighted by atomic mass is 32.2. The highest BCUT2D eigenvalue weighted by Gasteiger charge is 2.64. The van der Waals surface area contributed by atoms with Crippen LogP contribution in [0.15, 0.2) is 0 Å². The molecule has 2 atom stereocenters. The van der Waals surface area contributed by atoms with Gasteiger partial charge < -0.3 is 14.2 Å². The van der Waals surface area contributed by atoms with E-state index in [1.807, 2.05) is 6.92 Å². The van der Waals surface area contributed by atoms with Crippen LogP contribution in [0.1, 0.15) is 99.3 Å².